The van der Waals surface area contributed by atoms with Crippen molar-refractivity contribution in [2.75, 3.05) is 18.0 Å². The van der Waals surface area contributed by atoms with Crippen LogP contribution in [0.5, 0.6) is 0 Å². The number of hydrogen-bond donors (Lipinski definition) is 1. The molecule has 0 radical (unpaired) electrons. The van der Waals surface area contributed by atoms with Crippen LogP contribution in [0.15, 0.2) is 60.3 Å². The van der Waals surface area contributed by atoms with Gasteiger partial charge >= 0.3 is 0 Å². The van der Waals surface area contributed by atoms with Gasteiger partial charge in [-0.3, -0.25) is 24.6 Å². The summed E-state index contributed by atoms with van der Waals surface area (Å²) in [7, 11) is 0. The molecule has 0 saturated carbocycles. The molecule has 5 rings (SSSR count). The Morgan fingerprint density at radius 2 is 1.85 bits per heavy atom. The van der Waals surface area contributed by atoms with E-state index in [0.717, 1.165) is 42.4 Å². The Hall–Kier alpha value is -3.78. The summed E-state index contributed by atoms with van der Waals surface area (Å²) in [5, 5.41) is 3.55. The summed E-state index contributed by atoms with van der Waals surface area (Å²) >= 11 is 5.30. The number of para-hydroxylation sites is 1. The first-order valence-corrected chi connectivity index (χ1v) is 11.7. The summed E-state index contributed by atoms with van der Waals surface area (Å²) in [4.78, 5) is 42.2. The largest absolute Gasteiger partial charge is 0.341 e. The first-order valence-electron chi connectivity index (χ1n) is 11.3. The second-order valence-electron chi connectivity index (χ2n) is 8.61. The van der Waals surface area contributed by atoms with Crippen LogP contribution >= 0.6 is 12.2 Å². The van der Waals surface area contributed by atoms with Crippen molar-refractivity contribution in [2.45, 2.75) is 26.3 Å². The summed E-state index contributed by atoms with van der Waals surface area (Å²) in [6.45, 7) is 3.72. The quantitative estimate of drug-likeness (QED) is 0.359. The number of carbonyl (C=O) groups is 3. The maximum Gasteiger partial charge on any atom is 0.270 e. The molecule has 3 amide bonds. The Kier molecular flexibility index (Phi) is 5.75. The fourth-order valence-corrected chi connectivity index (χ4v) is 4.83. The van der Waals surface area contributed by atoms with Crippen LogP contribution in [0, 0.1) is 6.92 Å². The molecule has 1 aromatic heterocycles. The average Bonchev–Trinajstić information content (AvgIpc) is 3.46. The van der Waals surface area contributed by atoms with Gasteiger partial charge in [0.1, 0.15) is 12.1 Å². The standard InChI is InChI=1S/C26H24N4O3S/c1-17-7-6-8-19(13-17)30-25(33)21(24(32)27-26(30)34)14-18-15-29(22-10-3-2-9-20(18)22)16-23(31)28-11-4-5-12-28/h2-3,6-10,13-15H,4-5,11-12,16H2,1H3,(H,27,32,34). The molecule has 1 N–H and O–H groups in total. The van der Waals surface area contributed by atoms with Gasteiger partial charge in [-0.1, -0.05) is 30.3 Å². The number of aryl methyl sites for hydroxylation is 1. The van der Waals surface area contributed by atoms with Gasteiger partial charge in [-0.2, -0.15) is 0 Å². The van der Waals surface area contributed by atoms with E-state index in [9.17, 15) is 14.4 Å². The third kappa shape index (κ3) is 4.01. The van der Waals surface area contributed by atoms with Crippen LogP contribution in [0.1, 0.15) is 24.0 Å². The minimum Gasteiger partial charge on any atom is -0.341 e. The number of thiocarbonyl (C=S) groups is 1. The molecule has 0 atom stereocenters. The number of likely N-dealkylation sites (tertiary alicyclic amines) is 1. The van der Waals surface area contributed by atoms with Crippen molar-refractivity contribution in [3.63, 3.8) is 0 Å². The molecule has 7 nitrogen and oxygen atoms in total. The third-order valence-corrected chi connectivity index (χ3v) is 6.53. The maximum atomic E-state index is 13.4. The highest BCUT2D eigenvalue weighted by molar-refractivity contribution is 7.80. The fourth-order valence-electron chi connectivity index (χ4n) is 4.55. The molecule has 8 heteroatoms. The van der Waals surface area contributed by atoms with Gasteiger partial charge in [-0.05, 0) is 61.8 Å². The topological polar surface area (TPSA) is 74.7 Å². The first kappa shape index (κ1) is 22.0. The molecule has 34 heavy (non-hydrogen) atoms. The van der Waals surface area contributed by atoms with E-state index in [2.05, 4.69) is 5.32 Å². The van der Waals surface area contributed by atoms with Gasteiger partial charge in [0, 0.05) is 35.8 Å². The molecular formula is C26H24N4O3S. The predicted octanol–water partition coefficient (Wildman–Crippen LogP) is 3.40. The molecule has 0 aliphatic carbocycles. The van der Waals surface area contributed by atoms with Crippen LogP contribution in [-0.2, 0) is 20.9 Å². The summed E-state index contributed by atoms with van der Waals surface area (Å²) in [6.07, 6.45) is 5.48. The monoisotopic (exact) mass is 472 g/mol. The average molecular weight is 473 g/mol. The van der Waals surface area contributed by atoms with Gasteiger partial charge < -0.3 is 9.47 Å². The van der Waals surface area contributed by atoms with E-state index in [1.54, 1.807) is 12.1 Å². The molecule has 0 unspecified atom stereocenters. The number of fused-ring (bicyclic) bond motifs is 1. The molecule has 172 valence electrons. The first-order chi connectivity index (χ1) is 16.4. The van der Waals surface area contributed by atoms with Crippen molar-refractivity contribution < 1.29 is 14.4 Å². The lowest BCUT2D eigenvalue weighted by atomic mass is 10.1. The highest BCUT2D eigenvalue weighted by Crippen LogP contribution is 2.27. The minimum absolute atomic E-state index is 0.0103. The van der Waals surface area contributed by atoms with Crippen LogP contribution in [-0.4, -0.2) is 45.4 Å². The van der Waals surface area contributed by atoms with Crippen molar-refractivity contribution in [3.8, 4) is 0 Å². The highest BCUT2D eigenvalue weighted by atomic mass is 32.1. The number of nitrogens with one attached hydrogen (secondary N) is 1. The van der Waals surface area contributed by atoms with Gasteiger partial charge in [0.2, 0.25) is 5.91 Å². The molecular weight excluding hydrogens is 448 g/mol. The van der Waals surface area contributed by atoms with Crippen LogP contribution in [0.4, 0.5) is 5.69 Å². The summed E-state index contributed by atoms with van der Waals surface area (Å²) in [5.74, 6) is -0.951. The van der Waals surface area contributed by atoms with E-state index >= 15 is 0 Å². The molecule has 2 saturated heterocycles. The minimum atomic E-state index is -0.538. The van der Waals surface area contributed by atoms with E-state index in [4.69, 9.17) is 12.2 Å². The number of rotatable bonds is 4. The molecule has 3 aromatic rings. The van der Waals surface area contributed by atoms with Crippen LogP contribution in [0.25, 0.3) is 17.0 Å². The number of carbonyl (C=O) groups excluding carboxylic acids is 3. The Morgan fingerprint density at radius 3 is 2.62 bits per heavy atom. The SMILES string of the molecule is Cc1cccc(N2C(=O)C(=Cc3cn(CC(=O)N4CCCC4)c4ccccc34)C(=O)NC2=S)c1. The van der Waals surface area contributed by atoms with Crippen molar-refractivity contribution in [3.05, 3.63) is 71.4 Å². The van der Waals surface area contributed by atoms with Crippen molar-refractivity contribution in [1.29, 1.82) is 0 Å². The van der Waals surface area contributed by atoms with Gasteiger partial charge in [0.25, 0.3) is 11.8 Å². The van der Waals surface area contributed by atoms with E-state index in [1.165, 1.54) is 4.90 Å². The highest BCUT2D eigenvalue weighted by Gasteiger charge is 2.34. The molecule has 0 bridgehead atoms. The zero-order valence-electron chi connectivity index (χ0n) is 18.8. The number of hydrogen-bond acceptors (Lipinski definition) is 4. The van der Waals surface area contributed by atoms with E-state index in [1.807, 2.05) is 65.1 Å². The fraction of sp³-hybridized carbons (Fsp3) is 0.231. The van der Waals surface area contributed by atoms with Crippen molar-refractivity contribution >= 4 is 57.7 Å². The number of anilines is 1. The van der Waals surface area contributed by atoms with Crippen LogP contribution in [0.3, 0.4) is 0 Å². The number of benzene rings is 2. The second-order valence-corrected chi connectivity index (χ2v) is 9.00. The normalized spacial score (nSPS) is 17.7. The zero-order valence-corrected chi connectivity index (χ0v) is 19.6. The Labute approximate surface area is 202 Å². The Morgan fingerprint density at radius 1 is 1.09 bits per heavy atom. The van der Waals surface area contributed by atoms with Crippen LogP contribution < -0.4 is 10.2 Å². The zero-order chi connectivity index (χ0) is 23.8. The number of amides is 3. The molecule has 3 heterocycles. The predicted molar refractivity (Wildman–Crippen MR) is 135 cm³/mol. The van der Waals surface area contributed by atoms with E-state index in [0.29, 0.717) is 11.3 Å². The molecule has 0 spiro atoms. The van der Waals surface area contributed by atoms with Gasteiger partial charge in [0.15, 0.2) is 5.11 Å². The Bertz CT molecular complexity index is 1370. The van der Waals surface area contributed by atoms with E-state index in [-0.39, 0.29) is 23.1 Å². The second kappa shape index (κ2) is 8.87. The molecule has 2 aromatic carbocycles. The summed E-state index contributed by atoms with van der Waals surface area (Å²) < 4.78 is 1.89. The third-order valence-electron chi connectivity index (χ3n) is 6.25. The number of nitrogens with zero attached hydrogens (tertiary/aromatic N) is 3. The van der Waals surface area contributed by atoms with Crippen LogP contribution in [0.2, 0.25) is 0 Å². The number of aromatic nitrogens is 1. The molecule has 2 aliphatic heterocycles. The lowest BCUT2D eigenvalue weighted by molar-refractivity contribution is -0.130. The molecule has 2 fully saturated rings. The Balaban J connectivity index is 1.53. The summed E-state index contributed by atoms with van der Waals surface area (Å²) in [5.41, 5.74) is 3.13. The van der Waals surface area contributed by atoms with Crippen molar-refractivity contribution in [2.24, 2.45) is 0 Å². The van der Waals surface area contributed by atoms with Gasteiger partial charge in [-0.15, -0.1) is 0 Å². The lowest BCUT2D eigenvalue weighted by Gasteiger charge is -2.29. The lowest BCUT2D eigenvalue weighted by Crippen LogP contribution is -2.54. The van der Waals surface area contributed by atoms with E-state index < -0.39 is 11.8 Å². The van der Waals surface area contributed by atoms with Gasteiger partial charge in [0.05, 0.1) is 5.69 Å². The maximum absolute atomic E-state index is 13.4. The summed E-state index contributed by atoms with van der Waals surface area (Å²) in [6, 6.07) is 15.1. The van der Waals surface area contributed by atoms with Gasteiger partial charge in [-0.25, -0.2) is 0 Å². The molecule has 2 aliphatic rings. The smallest absolute Gasteiger partial charge is 0.270 e. The van der Waals surface area contributed by atoms with Crippen molar-refractivity contribution in [1.82, 2.24) is 14.8 Å².